The third-order valence-electron chi connectivity index (χ3n) is 4.51. The minimum Gasteiger partial charge on any atom is -0.383 e. The van der Waals surface area contributed by atoms with Crippen LogP contribution < -0.4 is 5.32 Å². The van der Waals surface area contributed by atoms with Crippen molar-refractivity contribution < 1.29 is 9.53 Å². The van der Waals surface area contributed by atoms with Crippen LogP contribution in [0.25, 0.3) is 16.0 Å². The van der Waals surface area contributed by atoms with E-state index in [4.69, 9.17) is 9.72 Å². The standard InChI is InChI=1S/C21H30N4O2S/c1-21(2,3)14-24(4)19(26)18-13-25-17-12-15(8-9-22-10-11-27-5)6-7-16(17)23-20(25)28-18/h6-7,12-13,22H,8-11,14H2,1-5H3. The van der Waals surface area contributed by atoms with Gasteiger partial charge in [0.05, 0.1) is 17.6 Å². The number of nitrogens with one attached hydrogen (secondary N) is 1. The maximum absolute atomic E-state index is 12.8. The van der Waals surface area contributed by atoms with E-state index in [1.807, 2.05) is 17.6 Å². The number of hydrogen-bond donors (Lipinski definition) is 1. The summed E-state index contributed by atoms with van der Waals surface area (Å²) in [4.78, 5) is 20.9. The molecule has 0 fully saturated rings. The van der Waals surface area contributed by atoms with E-state index < -0.39 is 0 Å². The summed E-state index contributed by atoms with van der Waals surface area (Å²) in [5.41, 5.74) is 3.34. The first kappa shape index (κ1) is 20.8. The van der Waals surface area contributed by atoms with E-state index in [1.54, 1.807) is 12.0 Å². The molecule has 0 aliphatic heterocycles. The van der Waals surface area contributed by atoms with Crippen molar-refractivity contribution in [1.29, 1.82) is 0 Å². The third kappa shape index (κ3) is 4.90. The summed E-state index contributed by atoms with van der Waals surface area (Å²) in [6.07, 6.45) is 2.87. The summed E-state index contributed by atoms with van der Waals surface area (Å²) in [6.45, 7) is 9.60. The topological polar surface area (TPSA) is 58.9 Å². The molecule has 0 aliphatic rings. The molecule has 3 aromatic rings. The molecule has 2 aromatic heterocycles. The van der Waals surface area contributed by atoms with Crippen molar-refractivity contribution in [3.05, 3.63) is 34.8 Å². The van der Waals surface area contributed by atoms with Gasteiger partial charge in [-0.1, -0.05) is 38.2 Å². The smallest absolute Gasteiger partial charge is 0.265 e. The SMILES string of the molecule is COCCNCCc1ccc2nc3sc(C(=O)N(C)CC(C)(C)C)cn3c2c1. The van der Waals surface area contributed by atoms with Gasteiger partial charge in [0.15, 0.2) is 4.96 Å². The molecule has 0 atom stereocenters. The summed E-state index contributed by atoms with van der Waals surface area (Å²) in [5.74, 6) is 0.0528. The molecular formula is C21H30N4O2S. The van der Waals surface area contributed by atoms with Gasteiger partial charge >= 0.3 is 0 Å². The molecule has 0 spiro atoms. The van der Waals surface area contributed by atoms with Crippen LogP contribution in [0.15, 0.2) is 24.4 Å². The Bertz CT molecular complexity index is 955. The lowest BCUT2D eigenvalue weighted by molar-refractivity contribution is 0.0750. The van der Waals surface area contributed by atoms with Crippen LogP contribution in [0.5, 0.6) is 0 Å². The van der Waals surface area contributed by atoms with Crippen LogP contribution in [0.3, 0.4) is 0 Å². The average Bonchev–Trinajstić information content (AvgIpc) is 3.17. The molecule has 1 aromatic carbocycles. The zero-order valence-electron chi connectivity index (χ0n) is 17.4. The molecule has 152 valence electrons. The van der Waals surface area contributed by atoms with E-state index in [-0.39, 0.29) is 11.3 Å². The normalized spacial score (nSPS) is 12.2. The molecule has 7 heteroatoms. The first-order valence-electron chi connectivity index (χ1n) is 9.64. The predicted octanol–water partition coefficient (Wildman–Crippen LogP) is 3.45. The van der Waals surface area contributed by atoms with Crippen LogP contribution in [0, 0.1) is 5.41 Å². The van der Waals surface area contributed by atoms with E-state index in [0.29, 0.717) is 6.54 Å². The maximum atomic E-state index is 12.8. The Morgan fingerprint density at radius 3 is 2.82 bits per heavy atom. The molecule has 6 nitrogen and oxygen atoms in total. The minimum absolute atomic E-state index is 0.0528. The molecule has 0 saturated heterocycles. The summed E-state index contributed by atoms with van der Waals surface area (Å²) in [7, 11) is 3.57. The highest BCUT2D eigenvalue weighted by Gasteiger charge is 2.21. The van der Waals surface area contributed by atoms with Gasteiger partial charge in [0.2, 0.25) is 0 Å². The Kier molecular flexibility index (Phi) is 6.37. The fourth-order valence-corrected chi connectivity index (χ4v) is 4.30. The molecule has 0 saturated carbocycles. The number of fused-ring (bicyclic) bond motifs is 3. The number of hydrogen-bond acceptors (Lipinski definition) is 5. The summed E-state index contributed by atoms with van der Waals surface area (Å²) in [5, 5.41) is 3.37. The molecule has 0 radical (unpaired) electrons. The molecule has 2 heterocycles. The minimum atomic E-state index is 0.0528. The van der Waals surface area contributed by atoms with Gasteiger partial charge in [-0.3, -0.25) is 9.20 Å². The Morgan fingerprint density at radius 1 is 1.32 bits per heavy atom. The molecule has 0 aliphatic carbocycles. The number of imidazole rings is 1. The molecule has 28 heavy (non-hydrogen) atoms. The van der Waals surface area contributed by atoms with Crippen LogP contribution in [0.4, 0.5) is 0 Å². The fraction of sp³-hybridized carbons (Fsp3) is 0.524. The Labute approximate surface area is 170 Å². The molecule has 3 rings (SSSR count). The van der Waals surface area contributed by atoms with Crippen LogP contribution in [0.1, 0.15) is 36.0 Å². The van der Waals surface area contributed by atoms with Crippen molar-refractivity contribution in [2.75, 3.05) is 40.4 Å². The Balaban J connectivity index is 1.78. The zero-order chi connectivity index (χ0) is 20.3. The van der Waals surface area contributed by atoms with Crippen molar-refractivity contribution in [2.45, 2.75) is 27.2 Å². The number of carbonyl (C=O) groups excluding carboxylic acids is 1. The number of carbonyl (C=O) groups is 1. The highest BCUT2D eigenvalue weighted by atomic mass is 32.1. The molecular weight excluding hydrogens is 372 g/mol. The highest BCUT2D eigenvalue weighted by molar-refractivity contribution is 7.18. The average molecular weight is 403 g/mol. The molecule has 1 amide bonds. The van der Waals surface area contributed by atoms with Crippen molar-refractivity contribution in [1.82, 2.24) is 19.6 Å². The number of aromatic nitrogens is 2. The van der Waals surface area contributed by atoms with Crippen molar-refractivity contribution >= 4 is 33.2 Å². The van der Waals surface area contributed by atoms with Crippen LogP contribution in [0.2, 0.25) is 0 Å². The first-order chi connectivity index (χ1) is 13.3. The van der Waals surface area contributed by atoms with E-state index in [0.717, 1.165) is 47.0 Å². The highest BCUT2D eigenvalue weighted by Crippen LogP contribution is 2.26. The lowest BCUT2D eigenvalue weighted by Gasteiger charge is -2.26. The number of benzene rings is 1. The number of thiazole rings is 1. The first-order valence-corrected chi connectivity index (χ1v) is 10.5. The number of rotatable bonds is 8. The monoisotopic (exact) mass is 402 g/mol. The number of ether oxygens (including phenoxy) is 1. The van der Waals surface area contributed by atoms with Gasteiger partial charge in [-0.25, -0.2) is 4.98 Å². The predicted molar refractivity (Wildman–Crippen MR) is 115 cm³/mol. The second-order valence-corrected chi connectivity index (χ2v) is 9.41. The van der Waals surface area contributed by atoms with E-state index in [9.17, 15) is 4.79 Å². The molecule has 0 bridgehead atoms. The largest absolute Gasteiger partial charge is 0.383 e. The van der Waals surface area contributed by atoms with Crippen LogP contribution in [-0.4, -0.2) is 60.6 Å². The van der Waals surface area contributed by atoms with Crippen LogP contribution >= 0.6 is 11.3 Å². The summed E-state index contributed by atoms with van der Waals surface area (Å²) in [6, 6.07) is 6.36. The van der Waals surface area contributed by atoms with Gasteiger partial charge in [-0.2, -0.15) is 0 Å². The fourth-order valence-electron chi connectivity index (χ4n) is 3.31. The quantitative estimate of drug-likeness (QED) is 0.587. The van der Waals surface area contributed by atoms with E-state index >= 15 is 0 Å². The van der Waals surface area contributed by atoms with Gasteiger partial charge in [0.25, 0.3) is 5.91 Å². The van der Waals surface area contributed by atoms with E-state index in [1.165, 1.54) is 16.9 Å². The van der Waals surface area contributed by atoms with Gasteiger partial charge in [0.1, 0.15) is 4.88 Å². The summed E-state index contributed by atoms with van der Waals surface area (Å²) < 4.78 is 7.09. The number of amides is 1. The lowest BCUT2D eigenvalue weighted by atomic mass is 9.96. The molecule has 0 unspecified atom stereocenters. The van der Waals surface area contributed by atoms with E-state index in [2.05, 4.69) is 44.3 Å². The second-order valence-electron chi connectivity index (χ2n) is 8.40. The van der Waals surface area contributed by atoms with Gasteiger partial charge in [-0.05, 0) is 36.1 Å². The summed E-state index contributed by atoms with van der Waals surface area (Å²) >= 11 is 1.45. The van der Waals surface area contributed by atoms with Crippen LogP contribution in [-0.2, 0) is 11.2 Å². The van der Waals surface area contributed by atoms with Gasteiger partial charge in [-0.15, -0.1) is 0 Å². The van der Waals surface area contributed by atoms with Crippen molar-refractivity contribution in [2.24, 2.45) is 5.41 Å². The number of methoxy groups -OCH3 is 1. The second kappa shape index (κ2) is 8.59. The zero-order valence-corrected chi connectivity index (χ0v) is 18.2. The van der Waals surface area contributed by atoms with Gasteiger partial charge in [0, 0.05) is 33.4 Å². The van der Waals surface area contributed by atoms with Crippen molar-refractivity contribution in [3.63, 3.8) is 0 Å². The molecule has 1 N–H and O–H groups in total. The van der Waals surface area contributed by atoms with Crippen molar-refractivity contribution in [3.8, 4) is 0 Å². The number of nitrogens with zero attached hydrogens (tertiary/aromatic N) is 3. The lowest BCUT2D eigenvalue weighted by Crippen LogP contribution is -2.34. The third-order valence-corrected chi connectivity index (χ3v) is 5.48. The Morgan fingerprint density at radius 2 is 2.11 bits per heavy atom. The maximum Gasteiger partial charge on any atom is 0.265 e. The Hall–Kier alpha value is -1.96. The van der Waals surface area contributed by atoms with Gasteiger partial charge < -0.3 is 15.0 Å².